The summed E-state index contributed by atoms with van der Waals surface area (Å²) in [6, 6.07) is 3.74. The summed E-state index contributed by atoms with van der Waals surface area (Å²) in [7, 11) is 0. The molecule has 78 valence electrons. The molecule has 0 fully saturated rings. The van der Waals surface area contributed by atoms with E-state index in [0.717, 1.165) is 11.3 Å². The van der Waals surface area contributed by atoms with Crippen molar-refractivity contribution < 1.29 is 0 Å². The molecular weight excluding hydrogens is 212 g/mol. The molecule has 2 rings (SSSR count). The molecule has 0 radical (unpaired) electrons. The van der Waals surface area contributed by atoms with Gasteiger partial charge in [-0.25, -0.2) is 4.98 Å². The molecule has 2 heterocycles. The summed E-state index contributed by atoms with van der Waals surface area (Å²) in [5.41, 5.74) is 7.60. The Morgan fingerprint density at radius 1 is 1.53 bits per heavy atom. The highest BCUT2D eigenvalue weighted by Gasteiger charge is 2.04. The van der Waals surface area contributed by atoms with Gasteiger partial charge in [-0.15, -0.1) is 0 Å². The molecule has 0 spiro atoms. The first-order chi connectivity index (χ1) is 7.16. The summed E-state index contributed by atoms with van der Waals surface area (Å²) in [6.45, 7) is 2.59. The third-order valence-corrected chi connectivity index (χ3v) is 2.59. The van der Waals surface area contributed by atoms with Crippen LogP contribution in [0.2, 0.25) is 5.02 Å². The lowest BCUT2D eigenvalue weighted by molar-refractivity contribution is 0.665. The number of aromatic nitrogens is 3. The predicted molar refractivity (Wildman–Crippen MR) is 59.7 cm³/mol. The van der Waals surface area contributed by atoms with Gasteiger partial charge in [-0.3, -0.25) is 4.68 Å². The molecule has 0 aliphatic rings. The smallest absolute Gasteiger partial charge is 0.123 e. The maximum atomic E-state index is 5.91. The van der Waals surface area contributed by atoms with Crippen molar-refractivity contribution in [2.45, 2.75) is 13.5 Å². The lowest BCUT2D eigenvalue weighted by Crippen LogP contribution is -2.04. The Kier molecular flexibility index (Phi) is 2.60. The minimum atomic E-state index is 0.517. The molecule has 2 aromatic rings. The maximum Gasteiger partial charge on any atom is 0.123 e. The van der Waals surface area contributed by atoms with Crippen LogP contribution in [0.25, 0.3) is 0 Å². The SMILES string of the molecule is Cc1c(Cl)cnn1Cc1ccnc(N)c1. The second-order valence-electron chi connectivity index (χ2n) is 3.32. The predicted octanol–water partition coefficient (Wildman–Crippen LogP) is 1.87. The molecule has 0 aliphatic heterocycles. The Morgan fingerprint density at radius 2 is 2.33 bits per heavy atom. The van der Waals surface area contributed by atoms with Crippen molar-refractivity contribution in [2.24, 2.45) is 0 Å². The van der Waals surface area contributed by atoms with Crippen molar-refractivity contribution in [3.63, 3.8) is 0 Å². The average molecular weight is 223 g/mol. The number of rotatable bonds is 2. The first kappa shape index (κ1) is 9.98. The largest absolute Gasteiger partial charge is 0.384 e. The van der Waals surface area contributed by atoms with Crippen LogP contribution >= 0.6 is 11.6 Å². The fourth-order valence-electron chi connectivity index (χ4n) is 1.35. The molecule has 0 saturated heterocycles. The number of nitrogens with zero attached hydrogens (tertiary/aromatic N) is 3. The molecule has 0 saturated carbocycles. The van der Waals surface area contributed by atoms with Gasteiger partial charge in [0.25, 0.3) is 0 Å². The zero-order valence-corrected chi connectivity index (χ0v) is 9.07. The average Bonchev–Trinajstić information content (AvgIpc) is 2.50. The van der Waals surface area contributed by atoms with Crippen LogP contribution < -0.4 is 5.73 Å². The van der Waals surface area contributed by atoms with E-state index in [4.69, 9.17) is 17.3 Å². The first-order valence-electron chi connectivity index (χ1n) is 4.55. The fraction of sp³-hybridized carbons (Fsp3) is 0.200. The van der Waals surface area contributed by atoms with Gasteiger partial charge in [-0.1, -0.05) is 11.6 Å². The Bertz CT molecular complexity index is 478. The number of pyridine rings is 1. The molecule has 0 amide bonds. The van der Waals surface area contributed by atoms with E-state index in [-0.39, 0.29) is 0 Å². The van der Waals surface area contributed by atoms with E-state index in [1.165, 1.54) is 0 Å². The van der Waals surface area contributed by atoms with Gasteiger partial charge in [0.2, 0.25) is 0 Å². The number of hydrogen-bond donors (Lipinski definition) is 1. The molecule has 0 aliphatic carbocycles. The van der Waals surface area contributed by atoms with Gasteiger partial charge >= 0.3 is 0 Å². The highest BCUT2D eigenvalue weighted by Crippen LogP contribution is 2.15. The molecule has 15 heavy (non-hydrogen) atoms. The molecule has 0 atom stereocenters. The Labute approximate surface area is 92.7 Å². The number of anilines is 1. The summed E-state index contributed by atoms with van der Waals surface area (Å²) in [4.78, 5) is 3.93. The van der Waals surface area contributed by atoms with Gasteiger partial charge in [-0.05, 0) is 24.6 Å². The van der Waals surface area contributed by atoms with Crippen LogP contribution in [0.1, 0.15) is 11.3 Å². The van der Waals surface area contributed by atoms with E-state index in [1.54, 1.807) is 12.4 Å². The van der Waals surface area contributed by atoms with Crippen molar-refractivity contribution in [1.82, 2.24) is 14.8 Å². The van der Waals surface area contributed by atoms with Crippen LogP contribution in [0.15, 0.2) is 24.5 Å². The zero-order valence-electron chi connectivity index (χ0n) is 8.31. The lowest BCUT2D eigenvalue weighted by Gasteiger charge is -2.04. The molecule has 5 heteroatoms. The van der Waals surface area contributed by atoms with Crippen LogP contribution in [-0.2, 0) is 6.54 Å². The molecule has 2 aromatic heterocycles. The summed E-state index contributed by atoms with van der Waals surface area (Å²) >= 11 is 5.91. The van der Waals surface area contributed by atoms with Gasteiger partial charge in [0, 0.05) is 6.20 Å². The molecule has 0 bridgehead atoms. The van der Waals surface area contributed by atoms with Crippen molar-refractivity contribution in [3.8, 4) is 0 Å². The van der Waals surface area contributed by atoms with Crippen LogP contribution in [0.4, 0.5) is 5.82 Å². The zero-order chi connectivity index (χ0) is 10.8. The van der Waals surface area contributed by atoms with Gasteiger partial charge in [-0.2, -0.15) is 5.10 Å². The minimum Gasteiger partial charge on any atom is -0.384 e. The molecule has 0 unspecified atom stereocenters. The van der Waals surface area contributed by atoms with Gasteiger partial charge in [0.05, 0.1) is 23.5 Å². The van der Waals surface area contributed by atoms with Gasteiger partial charge in [0.15, 0.2) is 0 Å². The number of nitrogens with two attached hydrogens (primary N) is 1. The Hall–Kier alpha value is -1.55. The summed E-state index contributed by atoms with van der Waals surface area (Å²) in [5.74, 6) is 0.517. The van der Waals surface area contributed by atoms with E-state index >= 15 is 0 Å². The topological polar surface area (TPSA) is 56.7 Å². The van der Waals surface area contributed by atoms with Crippen molar-refractivity contribution in [2.75, 3.05) is 5.73 Å². The highest BCUT2D eigenvalue weighted by atomic mass is 35.5. The lowest BCUT2D eigenvalue weighted by atomic mass is 10.2. The minimum absolute atomic E-state index is 0.517. The van der Waals surface area contributed by atoms with E-state index in [9.17, 15) is 0 Å². The number of halogens is 1. The normalized spacial score (nSPS) is 10.5. The van der Waals surface area contributed by atoms with Crippen LogP contribution in [0.5, 0.6) is 0 Å². The number of hydrogen-bond acceptors (Lipinski definition) is 3. The van der Waals surface area contributed by atoms with Gasteiger partial charge < -0.3 is 5.73 Å². The van der Waals surface area contributed by atoms with Crippen LogP contribution in [0, 0.1) is 6.92 Å². The Balaban J connectivity index is 2.26. The molecular formula is C10H11ClN4. The summed E-state index contributed by atoms with van der Waals surface area (Å²) < 4.78 is 1.83. The fourth-order valence-corrected chi connectivity index (χ4v) is 1.49. The highest BCUT2D eigenvalue weighted by molar-refractivity contribution is 6.31. The first-order valence-corrected chi connectivity index (χ1v) is 4.93. The second-order valence-corrected chi connectivity index (χ2v) is 3.73. The van der Waals surface area contributed by atoms with E-state index in [1.807, 2.05) is 23.7 Å². The maximum absolute atomic E-state index is 5.91. The quantitative estimate of drug-likeness (QED) is 0.844. The number of nitrogen functional groups attached to an aromatic ring is 1. The molecule has 2 N–H and O–H groups in total. The van der Waals surface area contributed by atoms with Crippen molar-refractivity contribution in [1.29, 1.82) is 0 Å². The van der Waals surface area contributed by atoms with Crippen LogP contribution in [0.3, 0.4) is 0 Å². The third kappa shape index (κ3) is 2.10. The molecule has 0 aromatic carbocycles. The van der Waals surface area contributed by atoms with E-state index in [2.05, 4.69) is 10.1 Å². The van der Waals surface area contributed by atoms with Gasteiger partial charge in [0.1, 0.15) is 5.82 Å². The summed E-state index contributed by atoms with van der Waals surface area (Å²) in [5, 5.41) is 4.84. The third-order valence-electron chi connectivity index (χ3n) is 2.22. The summed E-state index contributed by atoms with van der Waals surface area (Å²) in [6.07, 6.45) is 3.33. The Morgan fingerprint density at radius 3 is 2.93 bits per heavy atom. The van der Waals surface area contributed by atoms with Crippen molar-refractivity contribution in [3.05, 3.63) is 40.8 Å². The standard InChI is InChI=1S/C10H11ClN4/c1-7-9(11)5-14-15(7)6-8-2-3-13-10(12)4-8/h2-5H,6H2,1H3,(H2,12,13). The van der Waals surface area contributed by atoms with E-state index in [0.29, 0.717) is 17.4 Å². The second kappa shape index (κ2) is 3.90. The van der Waals surface area contributed by atoms with E-state index < -0.39 is 0 Å². The van der Waals surface area contributed by atoms with Crippen LogP contribution in [-0.4, -0.2) is 14.8 Å². The van der Waals surface area contributed by atoms with Crippen molar-refractivity contribution >= 4 is 17.4 Å². The molecule has 4 nitrogen and oxygen atoms in total. The monoisotopic (exact) mass is 222 g/mol.